The molecular weight excluding hydrogens is 468 g/mol. The number of hydrogen-bond donors (Lipinski definition) is 4. The van der Waals surface area contributed by atoms with Crippen molar-refractivity contribution >= 4 is 23.2 Å². The maximum absolute atomic E-state index is 12.0. The molecule has 35 heavy (non-hydrogen) atoms. The highest BCUT2D eigenvalue weighted by Crippen LogP contribution is 2.39. The Morgan fingerprint density at radius 3 is 2.57 bits per heavy atom. The van der Waals surface area contributed by atoms with E-state index in [9.17, 15) is 9.90 Å². The minimum absolute atomic E-state index is 0.0526. The number of fused-ring (bicyclic) bond motifs is 1. The van der Waals surface area contributed by atoms with Crippen molar-refractivity contribution in [3.63, 3.8) is 0 Å². The van der Waals surface area contributed by atoms with Gasteiger partial charge in [0.15, 0.2) is 0 Å². The highest BCUT2D eigenvalue weighted by atomic mass is 35.5. The lowest BCUT2D eigenvalue weighted by Gasteiger charge is -2.24. The lowest BCUT2D eigenvalue weighted by molar-refractivity contribution is -0.116. The number of unbranched alkanes of at least 4 members (excludes halogenated alkanes) is 1. The van der Waals surface area contributed by atoms with Gasteiger partial charge in [-0.05, 0) is 74.4 Å². The van der Waals surface area contributed by atoms with E-state index in [0.29, 0.717) is 49.6 Å². The number of carbonyl (C=O) groups is 1. The second kappa shape index (κ2) is 14.3. The van der Waals surface area contributed by atoms with Gasteiger partial charge in [-0.3, -0.25) is 4.79 Å². The van der Waals surface area contributed by atoms with Gasteiger partial charge in [0, 0.05) is 30.2 Å². The number of anilines is 1. The van der Waals surface area contributed by atoms with E-state index < -0.39 is 6.10 Å². The Balaban J connectivity index is 1.42. The highest BCUT2D eigenvalue weighted by molar-refractivity contribution is 6.30. The van der Waals surface area contributed by atoms with Crippen LogP contribution in [0.4, 0.5) is 5.69 Å². The third-order valence-electron chi connectivity index (χ3n) is 6.04. The zero-order valence-electron chi connectivity index (χ0n) is 20.4. The number of aliphatic hydroxyl groups excluding tert-OH is 2. The molecular formula is C27H37ClN2O5. The Labute approximate surface area is 212 Å². The number of benzene rings is 2. The molecule has 1 heterocycles. The summed E-state index contributed by atoms with van der Waals surface area (Å²) in [5.74, 6) is 1.40. The van der Waals surface area contributed by atoms with E-state index in [1.807, 2.05) is 25.1 Å². The molecule has 1 aliphatic heterocycles. The molecule has 3 rings (SSSR count). The molecule has 0 saturated carbocycles. The molecule has 1 amide bonds. The molecule has 0 bridgehead atoms. The molecule has 0 saturated heterocycles. The number of halogens is 1. The number of hydrogen-bond acceptors (Lipinski definition) is 6. The minimum atomic E-state index is -0.643. The summed E-state index contributed by atoms with van der Waals surface area (Å²) < 4.78 is 11.8. The summed E-state index contributed by atoms with van der Waals surface area (Å²) in [6.45, 7) is 4.01. The molecule has 2 aromatic carbocycles. The van der Waals surface area contributed by atoms with Gasteiger partial charge in [0.1, 0.15) is 24.2 Å². The largest absolute Gasteiger partial charge is 0.491 e. The highest BCUT2D eigenvalue weighted by Gasteiger charge is 2.23. The monoisotopic (exact) mass is 504 g/mol. The second-order valence-electron chi connectivity index (χ2n) is 9.14. The third kappa shape index (κ3) is 9.00. The molecule has 8 heteroatoms. The van der Waals surface area contributed by atoms with Crippen molar-refractivity contribution in [3.05, 3.63) is 52.5 Å². The lowest BCUT2D eigenvalue weighted by Crippen LogP contribution is -2.32. The molecule has 7 nitrogen and oxygen atoms in total. The summed E-state index contributed by atoms with van der Waals surface area (Å²) in [7, 11) is 0. The third-order valence-corrected chi connectivity index (χ3v) is 6.29. The summed E-state index contributed by atoms with van der Waals surface area (Å²) in [6.07, 6.45) is 4.04. The van der Waals surface area contributed by atoms with Crippen molar-refractivity contribution in [2.24, 2.45) is 5.92 Å². The fraction of sp³-hybridized carbons (Fsp3) is 0.519. The van der Waals surface area contributed by atoms with E-state index in [2.05, 4.69) is 22.8 Å². The molecule has 2 atom stereocenters. The van der Waals surface area contributed by atoms with Crippen LogP contribution in [0.15, 0.2) is 36.4 Å². The zero-order valence-corrected chi connectivity index (χ0v) is 21.2. The first-order valence-electron chi connectivity index (χ1n) is 12.4. The van der Waals surface area contributed by atoms with E-state index in [0.717, 1.165) is 36.4 Å². The van der Waals surface area contributed by atoms with Crippen molar-refractivity contribution < 1.29 is 24.5 Å². The van der Waals surface area contributed by atoms with Crippen LogP contribution in [0.5, 0.6) is 11.5 Å². The molecule has 192 valence electrons. The number of aryl methyl sites for hydroxylation is 1. The van der Waals surface area contributed by atoms with Gasteiger partial charge in [-0.2, -0.15) is 0 Å². The molecule has 0 aromatic heterocycles. The first-order valence-corrected chi connectivity index (χ1v) is 12.8. The SMILES string of the molecule is CC(CCO)COc1ccc(OCC(O)CNCCCCc2ccc(Cl)cc2)c2c1NC(=O)CC2. The second-order valence-corrected chi connectivity index (χ2v) is 9.58. The summed E-state index contributed by atoms with van der Waals surface area (Å²) in [4.78, 5) is 12.0. The van der Waals surface area contributed by atoms with Crippen molar-refractivity contribution in [3.8, 4) is 11.5 Å². The van der Waals surface area contributed by atoms with E-state index >= 15 is 0 Å². The molecule has 0 spiro atoms. The maximum atomic E-state index is 12.0. The quantitative estimate of drug-likeness (QED) is 0.274. The fourth-order valence-corrected chi connectivity index (χ4v) is 4.09. The minimum Gasteiger partial charge on any atom is -0.491 e. The van der Waals surface area contributed by atoms with Crippen LogP contribution in [-0.4, -0.2) is 55.1 Å². The maximum Gasteiger partial charge on any atom is 0.224 e. The summed E-state index contributed by atoms with van der Waals surface area (Å²) in [5.41, 5.74) is 2.81. The Morgan fingerprint density at radius 2 is 1.80 bits per heavy atom. The number of amides is 1. The van der Waals surface area contributed by atoms with E-state index in [4.69, 9.17) is 26.2 Å². The number of nitrogens with one attached hydrogen (secondary N) is 2. The predicted molar refractivity (Wildman–Crippen MR) is 139 cm³/mol. The smallest absolute Gasteiger partial charge is 0.224 e. The van der Waals surface area contributed by atoms with Crippen molar-refractivity contribution in [2.75, 3.05) is 38.2 Å². The van der Waals surface area contributed by atoms with Gasteiger partial charge < -0.3 is 30.3 Å². The molecule has 0 radical (unpaired) electrons. The van der Waals surface area contributed by atoms with Gasteiger partial charge in [0.2, 0.25) is 5.91 Å². The van der Waals surface area contributed by atoms with Gasteiger partial charge in [0.25, 0.3) is 0 Å². The molecule has 0 fully saturated rings. The Bertz CT molecular complexity index is 938. The Morgan fingerprint density at radius 1 is 1.06 bits per heavy atom. The lowest BCUT2D eigenvalue weighted by atomic mass is 10.0. The topological polar surface area (TPSA) is 100 Å². The van der Waals surface area contributed by atoms with Crippen molar-refractivity contribution in [1.29, 1.82) is 0 Å². The van der Waals surface area contributed by atoms with Gasteiger partial charge >= 0.3 is 0 Å². The first-order chi connectivity index (χ1) is 17.0. The fourth-order valence-electron chi connectivity index (χ4n) is 3.97. The first kappa shape index (κ1) is 27.3. The molecule has 2 unspecified atom stereocenters. The molecule has 1 aliphatic rings. The van der Waals surface area contributed by atoms with Gasteiger partial charge in [-0.15, -0.1) is 0 Å². The number of rotatable bonds is 15. The van der Waals surface area contributed by atoms with Crippen LogP contribution in [-0.2, 0) is 17.6 Å². The van der Waals surface area contributed by atoms with Crippen LogP contribution in [0.25, 0.3) is 0 Å². The van der Waals surface area contributed by atoms with E-state index in [1.165, 1.54) is 5.56 Å². The number of carbonyl (C=O) groups excluding carboxylic acids is 1. The van der Waals surface area contributed by atoms with Crippen molar-refractivity contribution in [1.82, 2.24) is 5.32 Å². The molecule has 4 N–H and O–H groups in total. The summed E-state index contributed by atoms with van der Waals surface area (Å²) in [6, 6.07) is 11.6. The van der Waals surface area contributed by atoms with Crippen molar-refractivity contribution in [2.45, 2.75) is 51.6 Å². The zero-order chi connectivity index (χ0) is 25.0. The van der Waals surface area contributed by atoms with Crippen LogP contribution in [0.1, 0.15) is 43.7 Å². The van der Waals surface area contributed by atoms with Gasteiger partial charge in [-0.25, -0.2) is 0 Å². The number of aliphatic hydroxyl groups is 2. The average Bonchev–Trinajstić information content (AvgIpc) is 2.85. The van der Waals surface area contributed by atoms with Gasteiger partial charge in [-0.1, -0.05) is 30.7 Å². The normalized spacial score (nSPS) is 14.7. The average molecular weight is 505 g/mol. The summed E-state index contributed by atoms with van der Waals surface area (Å²) in [5, 5.41) is 26.4. The Hall–Kier alpha value is -2.32. The van der Waals surface area contributed by atoms with Crippen LogP contribution < -0.4 is 20.1 Å². The summed E-state index contributed by atoms with van der Waals surface area (Å²) >= 11 is 5.92. The van der Waals surface area contributed by atoms with Crippen LogP contribution in [0.3, 0.4) is 0 Å². The van der Waals surface area contributed by atoms with E-state index in [1.54, 1.807) is 6.07 Å². The Kier molecular flexibility index (Phi) is 11.1. The van der Waals surface area contributed by atoms with Crippen LogP contribution >= 0.6 is 11.6 Å². The van der Waals surface area contributed by atoms with E-state index in [-0.39, 0.29) is 25.0 Å². The molecule has 2 aromatic rings. The van der Waals surface area contributed by atoms with Gasteiger partial charge in [0.05, 0.1) is 12.3 Å². The standard InChI is InChI=1S/C27H37ClN2O5/c1-19(13-15-31)17-34-25-11-10-24(23-9-12-26(33)30-27(23)25)35-18-22(32)16-29-14-3-2-4-20-5-7-21(28)8-6-20/h5-8,10-11,19,22,29,31-32H,2-4,9,12-18H2,1H3,(H,30,33). The molecule has 0 aliphatic carbocycles. The van der Waals surface area contributed by atoms with Crippen LogP contribution in [0.2, 0.25) is 5.02 Å². The predicted octanol–water partition coefficient (Wildman–Crippen LogP) is 3.97. The van der Waals surface area contributed by atoms with Crippen LogP contribution in [0, 0.1) is 5.92 Å². The number of ether oxygens (including phenoxy) is 2.